The predicted molar refractivity (Wildman–Crippen MR) is 110 cm³/mol. The second-order valence-corrected chi connectivity index (χ2v) is 8.97. The minimum absolute atomic E-state index is 0.0809. The van der Waals surface area contributed by atoms with Crippen molar-refractivity contribution in [3.63, 3.8) is 0 Å². The van der Waals surface area contributed by atoms with Crippen LogP contribution in [0.4, 0.5) is 0 Å². The van der Waals surface area contributed by atoms with Crippen LogP contribution in [0.25, 0.3) is 0 Å². The van der Waals surface area contributed by atoms with Crippen LogP contribution in [0, 0.1) is 0 Å². The van der Waals surface area contributed by atoms with Crippen LogP contribution in [0.15, 0.2) is 24.3 Å². The van der Waals surface area contributed by atoms with Gasteiger partial charge in [0.15, 0.2) is 5.78 Å². The molecule has 26 heavy (non-hydrogen) atoms. The Balaban J connectivity index is 1.86. The SMILES string of the molecule is O=C(c1cc(Cl)cc(Cl)c1C1CCC1)c1cc(Cl)cc(Cl)c1C1CCC1. The van der Waals surface area contributed by atoms with Gasteiger partial charge >= 0.3 is 0 Å². The molecule has 0 aliphatic heterocycles. The van der Waals surface area contributed by atoms with Crippen molar-refractivity contribution in [2.24, 2.45) is 0 Å². The van der Waals surface area contributed by atoms with Crippen LogP contribution in [0.5, 0.6) is 0 Å². The second-order valence-electron chi connectivity index (χ2n) is 7.28. The first-order chi connectivity index (χ1) is 12.5. The normalized spacial score (nSPS) is 17.7. The fourth-order valence-corrected chi connectivity index (χ4v) is 5.21. The molecule has 0 N–H and O–H groups in total. The Morgan fingerprint density at radius 3 is 1.38 bits per heavy atom. The van der Waals surface area contributed by atoms with E-state index in [2.05, 4.69) is 0 Å². The van der Waals surface area contributed by atoms with E-state index in [-0.39, 0.29) is 5.78 Å². The van der Waals surface area contributed by atoms with E-state index in [1.807, 2.05) is 0 Å². The first kappa shape index (κ1) is 18.6. The lowest BCUT2D eigenvalue weighted by Gasteiger charge is -2.31. The molecule has 0 unspecified atom stereocenters. The van der Waals surface area contributed by atoms with E-state index >= 15 is 0 Å². The standard InChI is InChI=1S/C21H18Cl4O/c22-13-7-15(19(17(24)9-13)11-3-1-4-11)21(26)16-8-14(23)10-18(25)20(16)12-5-2-6-12/h7-12H,1-6H2. The van der Waals surface area contributed by atoms with Gasteiger partial charge in [-0.3, -0.25) is 4.79 Å². The minimum Gasteiger partial charge on any atom is -0.289 e. The lowest BCUT2D eigenvalue weighted by Crippen LogP contribution is -2.18. The first-order valence-electron chi connectivity index (χ1n) is 8.98. The van der Waals surface area contributed by atoms with Crippen LogP contribution < -0.4 is 0 Å². The highest BCUT2D eigenvalue weighted by Crippen LogP contribution is 2.46. The number of ketones is 1. The molecule has 2 aromatic carbocycles. The topological polar surface area (TPSA) is 17.1 Å². The predicted octanol–water partition coefficient (Wildman–Crippen LogP) is 8.07. The van der Waals surface area contributed by atoms with Crippen LogP contribution in [-0.4, -0.2) is 5.78 Å². The number of hydrogen-bond acceptors (Lipinski definition) is 1. The molecule has 0 atom stereocenters. The summed E-state index contributed by atoms with van der Waals surface area (Å²) in [6.07, 6.45) is 6.52. The monoisotopic (exact) mass is 426 g/mol. The highest BCUT2D eigenvalue weighted by Gasteiger charge is 2.32. The summed E-state index contributed by atoms with van der Waals surface area (Å²) in [4.78, 5) is 13.6. The third-order valence-corrected chi connectivity index (χ3v) is 6.77. The fraction of sp³-hybridized carbons (Fsp3) is 0.381. The Hall–Kier alpha value is -0.730. The Labute approximate surface area is 173 Å². The van der Waals surface area contributed by atoms with E-state index in [1.165, 1.54) is 0 Å². The molecule has 2 saturated carbocycles. The maximum atomic E-state index is 13.6. The van der Waals surface area contributed by atoms with Crippen molar-refractivity contribution in [2.45, 2.75) is 50.4 Å². The van der Waals surface area contributed by atoms with Crippen LogP contribution in [0.1, 0.15) is 77.4 Å². The number of carbonyl (C=O) groups excluding carboxylic acids is 1. The lowest BCUT2D eigenvalue weighted by atomic mass is 9.74. The van der Waals surface area contributed by atoms with Crippen molar-refractivity contribution in [3.05, 3.63) is 66.6 Å². The minimum atomic E-state index is -0.0809. The van der Waals surface area contributed by atoms with Crippen molar-refractivity contribution in [1.29, 1.82) is 0 Å². The van der Waals surface area contributed by atoms with Crippen molar-refractivity contribution in [2.75, 3.05) is 0 Å². The quantitative estimate of drug-likeness (QED) is 0.450. The van der Waals surface area contributed by atoms with Gasteiger partial charge in [-0.2, -0.15) is 0 Å². The zero-order valence-electron chi connectivity index (χ0n) is 14.1. The first-order valence-corrected chi connectivity index (χ1v) is 10.5. The largest absolute Gasteiger partial charge is 0.289 e. The van der Waals surface area contributed by atoms with E-state index < -0.39 is 0 Å². The summed E-state index contributed by atoms with van der Waals surface area (Å²) >= 11 is 25.4. The molecule has 0 aromatic heterocycles. The average Bonchev–Trinajstić information content (AvgIpc) is 2.47. The van der Waals surface area contributed by atoms with E-state index in [0.29, 0.717) is 43.1 Å². The van der Waals surface area contributed by atoms with Crippen LogP contribution >= 0.6 is 46.4 Å². The van der Waals surface area contributed by atoms with Gasteiger partial charge in [0.2, 0.25) is 0 Å². The van der Waals surface area contributed by atoms with E-state index in [0.717, 1.165) is 49.7 Å². The Bertz CT molecular complexity index is 811. The summed E-state index contributed by atoms with van der Waals surface area (Å²) in [7, 11) is 0. The third-order valence-electron chi connectivity index (χ3n) is 5.70. The summed E-state index contributed by atoms with van der Waals surface area (Å²) in [5.74, 6) is 0.559. The molecule has 2 aliphatic carbocycles. The second kappa shape index (κ2) is 7.36. The molecule has 2 aromatic rings. The molecule has 0 radical (unpaired) electrons. The number of hydrogen-bond donors (Lipinski definition) is 0. The number of rotatable bonds is 4. The molecule has 4 rings (SSSR count). The number of benzene rings is 2. The van der Waals surface area contributed by atoms with Gasteiger partial charge in [-0.1, -0.05) is 59.2 Å². The third kappa shape index (κ3) is 3.29. The maximum absolute atomic E-state index is 13.6. The highest BCUT2D eigenvalue weighted by atomic mass is 35.5. The summed E-state index contributed by atoms with van der Waals surface area (Å²) in [5, 5.41) is 2.09. The molecular weight excluding hydrogens is 410 g/mol. The number of carbonyl (C=O) groups is 1. The zero-order valence-corrected chi connectivity index (χ0v) is 17.2. The maximum Gasteiger partial charge on any atom is 0.193 e. The van der Waals surface area contributed by atoms with Crippen molar-refractivity contribution in [3.8, 4) is 0 Å². The van der Waals surface area contributed by atoms with Gasteiger partial charge in [0.1, 0.15) is 0 Å². The fourth-order valence-electron chi connectivity index (χ4n) is 3.91. The van der Waals surface area contributed by atoms with Crippen LogP contribution in [0.2, 0.25) is 20.1 Å². The van der Waals surface area contributed by atoms with Gasteiger partial charge in [-0.05, 0) is 72.9 Å². The van der Waals surface area contributed by atoms with Crippen molar-refractivity contribution < 1.29 is 4.79 Å². The summed E-state index contributed by atoms with van der Waals surface area (Å²) in [6.45, 7) is 0. The Kier molecular flexibility index (Phi) is 5.27. The van der Waals surface area contributed by atoms with Gasteiger partial charge in [0, 0.05) is 31.2 Å². The Morgan fingerprint density at radius 2 is 1.08 bits per heavy atom. The Morgan fingerprint density at radius 1 is 0.692 bits per heavy atom. The lowest BCUT2D eigenvalue weighted by molar-refractivity contribution is 0.103. The van der Waals surface area contributed by atoms with Gasteiger partial charge in [0.25, 0.3) is 0 Å². The summed E-state index contributed by atoms with van der Waals surface area (Å²) < 4.78 is 0. The van der Waals surface area contributed by atoms with Gasteiger partial charge < -0.3 is 0 Å². The molecule has 2 aliphatic rings. The summed E-state index contributed by atoms with van der Waals surface area (Å²) in [5.41, 5.74) is 3.02. The smallest absolute Gasteiger partial charge is 0.193 e. The zero-order chi connectivity index (χ0) is 18.4. The molecule has 0 bridgehead atoms. The van der Waals surface area contributed by atoms with E-state index in [9.17, 15) is 4.79 Å². The van der Waals surface area contributed by atoms with Crippen molar-refractivity contribution >= 4 is 52.2 Å². The molecule has 0 spiro atoms. The molecular formula is C21H18Cl4O. The van der Waals surface area contributed by atoms with Gasteiger partial charge in [-0.15, -0.1) is 0 Å². The molecule has 2 fully saturated rings. The molecule has 0 amide bonds. The summed E-state index contributed by atoms with van der Waals surface area (Å²) in [6, 6.07) is 6.93. The average molecular weight is 428 g/mol. The molecule has 5 heteroatoms. The molecule has 0 saturated heterocycles. The molecule has 0 heterocycles. The highest BCUT2D eigenvalue weighted by molar-refractivity contribution is 6.37. The van der Waals surface area contributed by atoms with Gasteiger partial charge in [0.05, 0.1) is 0 Å². The molecule has 136 valence electrons. The van der Waals surface area contributed by atoms with Gasteiger partial charge in [-0.25, -0.2) is 0 Å². The van der Waals surface area contributed by atoms with Crippen molar-refractivity contribution in [1.82, 2.24) is 0 Å². The molecule has 1 nitrogen and oxygen atoms in total. The van der Waals surface area contributed by atoms with E-state index in [1.54, 1.807) is 24.3 Å². The van der Waals surface area contributed by atoms with Crippen LogP contribution in [-0.2, 0) is 0 Å². The van der Waals surface area contributed by atoms with E-state index in [4.69, 9.17) is 46.4 Å². The number of halogens is 4. The van der Waals surface area contributed by atoms with Crippen LogP contribution in [0.3, 0.4) is 0 Å².